The van der Waals surface area contributed by atoms with Gasteiger partial charge in [0, 0.05) is 5.75 Å². The number of aromatic carboxylic acids is 1. The SMILES string of the molecule is CSc1nnc(SCc2ccsc2C(=O)O)s1. The minimum atomic E-state index is -0.863. The number of hydrogen-bond acceptors (Lipinski definition) is 7. The molecule has 4 nitrogen and oxygen atoms in total. The maximum absolute atomic E-state index is 10.9. The quantitative estimate of drug-likeness (QED) is 0.855. The van der Waals surface area contributed by atoms with Crippen LogP contribution in [0.4, 0.5) is 0 Å². The zero-order valence-electron chi connectivity index (χ0n) is 8.74. The minimum Gasteiger partial charge on any atom is -0.477 e. The zero-order valence-corrected chi connectivity index (χ0v) is 12.0. The number of nitrogens with zero attached hydrogens (tertiary/aromatic N) is 2. The van der Waals surface area contributed by atoms with Gasteiger partial charge in [0.1, 0.15) is 4.88 Å². The number of aromatic nitrogens is 2. The van der Waals surface area contributed by atoms with E-state index >= 15 is 0 Å². The first-order valence-electron chi connectivity index (χ1n) is 4.50. The van der Waals surface area contributed by atoms with Crippen molar-refractivity contribution in [3.63, 3.8) is 0 Å². The summed E-state index contributed by atoms with van der Waals surface area (Å²) in [5, 5.41) is 18.8. The number of rotatable bonds is 5. The molecule has 0 saturated heterocycles. The van der Waals surface area contributed by atoms with Crippen LogP contribution in [-0.2, 0) is 5.75 Å². The van der Waals surface area contributed by atoms with Crippen LogP contribution in [0.5, 0.6) is 0 Å². The van der Waals surface area contributed by atoms with E-state index in [2.05, 4.69) is 10.2 Å². The lowest BCUT2D eigenvalue weighted by atomic mass is 10.3. The van der Waals surface area contributed by atoms with E-state index in [4.69, 9.17) is 5.11 Å². The summed E-state index contributed by atoms with van der Waals surface area (Å²) >= 11 is 5.86. The van der Waals surface area contributed by atoms with Crippen molar-refractivity contribution in [2.45, 2.75) is 14.4 Å². The van der Waals surface area contributed by atoms with Gasteiger partial charge in [-0.05, 0) is 23.3 Å². The van der Waals surface area contributed by atoms with Gasteiger partial charge in [-0.1, -0.05) is 34.9 Å². The third kappa shape index (κ3) is 3.21. The summed E-state index contributed by atoms with van der Waals surface area (Å²) in [6, 6.07) is 1.84. The first kappa shape index (κ1) is 12.9. The second-order valence-corrected chi connectivity index (χ2v) is 7.08. The summed E-state index contributed by atoms with van der Waals surface area (Å²) < 4.78 is 1.80. The molecule has 2 aromatic heterocycles. The number of carboxylic acids is 1. The number of carbonyl (C=O) groups is 1. The monoisotopic (exact) mass is 304 g/mol. The van der Waals surface area contributed by atoms with Gasteiger partial charge in [0.05, 0.1) is 0 Å². The van der Waals surface area contributed by atoms with Crippen LogP contribution in [0.1, 0.15) is 15.2 Å². The lowest BCUT2D eigenvalue weighted by molar-refractivity contribution is 0.0701. The van der Waals surface area contributed by atoms with Crippen LogP contribution >= 0.6 is 46.2 Å². The predicted molar refractivity (Wildman–Crippen MR) is 72.5 cm³/mol. The molecule has 0 spiro atoms. The molecule has 17 heavy (non-hydrogen) atoms. The molecule has 0 fully saturated rings. The van der Waals surface area contributed by atoms with Crippen molar-refractivity contribution in [3.05, 3.63) is 21.9 Å². The van der Waals surface area contributed by atoms with Crippen LogP contribution in [-0.4, -0.2) is 27.5 Å². The van der Waals surface area contributed by atoms with Gasteiger partial charge < -0.3 is 5.11 Å². The molecular weight excluding hydrogens is 296 g/mol. The lowest BCUT2D eigenvalue weighted by Crippen LogP contribution is -1.96. The van der Waals surface area contributed by atoms with Gasteiger partial charge in [0.15, 0.2) is 8.68 Å². The molecule has 90 valence electrons. The molecule has 0 aliphatic heterocycles. The maximum atomic E-state index is 10.9. The smallest absolute Gasteiger partial charge is 0.346 e. The van der Waals surface area contributed by atoms with Gasteiger partial charge in [-0.2, -0.15) is 0 Å². The molecule has 0 unspecified atom stereocenters. The van der Waals surface area contributed by atoms with Gasteiger partial charge in [0.25, 0.3) is 0 Å². The molecule has 2 aromatic rings. The molecule has 0 aliphatic carbocycles. The van der Waals surface area contributed by atoms with E-state index in [1.165, 1.54) is 34.4 Å². The van der Waals surface area contributed by atoms with Crippen molar-refractivity contribution in [1.82, 2.24) is 10.2 Å². The van der Waals surface area contributed by atoms with Crippen LogP contribution in [0.3, 0.4) is 0 Å². The molecule has 0 amide bonds. The Bertz CT molecular complexity index is 523. The van der Waals surface area contributed by atoms with Gasteiger partial charge >= 0.3 is 5.97 Å². The molecule has 0 saturated carbocycles. The lowest BCUT2D eigenvalue weighted by Gasteiger charge is -1.96. The molecule has 1 N–H and O–H groups in total. The molecule has 0 bridgehead atoms. The van der Waals surface area contributed by atoms with E-state index in [9.17, 15) is 4.79 Å². The second-order valence-electron chi connectivity index (χ2n) is 2.91. The zero-order chi connectivity index (χ0) is 12.3. The molecule has 2 heterocycles. The Morgan fingerprint density at radius 1 is 1.47 bits per heavy atom. The molecule has 0 aliphatic rings. The highest BCUT2D eigenvalue weighted by Crippen LogP contribution is 2.31. The van der Waals surface area contributed by atoms with E-state index in [0.717, 1.165) is 14.2 Å². The third-order valence-corrected chi connectivity index (χ3v) is 5.88. The van der Waals surface area contributed by atoms with Gasteiger partial charge in [-0.3, -0.25) is 0 Å². The Morgan fingerprint density at radius 2 is 2.24 bits per heavy atom. The van der Waals surface area contributed by atoms with E-state index in [-0.39, 0.29) is 0 Å². The fraction of sp³-hybridized carbons (Fsp3) is 0.222. The summed E-state index contributed by atoms with van der Waals surface area (Å²) in [5.41, 5.74) is 0.841. The second kappa shape index (κ2) is 5.85. The average molecular weight is 304 g/mol. The first-order chi connectivity index (χ1) is 8.20. The number of carboxylic acid groups (broad SMARTS) is 1. The Balaban J connectivity index is 2.02. The summed E-state index contributed by atoms with van der Waals surface area (Å²) in [5.74, 6) is -0.244. The molecular formula is C9H8N2O2S4. The largest absolute Gasteiger partial charge is 0.477 e. The van der Waals surface area contributed by atoms with E-state index in [0.29, 0.717) is 10.6 Å². The third-order valence-electron chi connectivity index (χ3n) is 1.85. The van der Waals surface area contributed by atoms with E-state index in [1.807, 2.05) is 12.3 Å². The Kier molecular flexibility index (Phi) is 4.43. The summed E-state index contributed by atoms with van der Waals surface area (Å²) in [6.45, 7) is 0. The normalized spacial score (nSPS) is 10.6. The summed E-state index contributed by atoms with van der Waals surface area (Å²) in [4.78, 5) is 11.3. The van der Waals surface area contributed by atoms with Crippen LogP contribution in [0.2, 0.25) is 0 Å². The molecule has 0 aromatic carbocycles. The highest BCUT2D eigenvalue weighted by Gasteiger charge is 2.12. The van der Waals surface area contributed by atoms with E-state index in [1.54, 1.807) is 17.1 Å². The van der Waals surface area contributed by atoms with Crippen LogP contribution in [0, 0.1) is 0 Å². The number of thiophene rings is 1. The Labute approximate surface area is 114 Å². The average Bonchev–Trinajstić information content (AvgIpc) is 2.95. The van der Waals surface area contributed by atoms with Crippen molar-refractivity contribution in [3.8, 4) is 0 Å². The molecule has 2 rings (SSSR count). The molecule has 0 atom stereocenters. The first-order valence-corrected chi connectivity index (χ1v) is 8.41. The number of thioether (sulfide) groups is 2. The van der Waals surface area contributed by atoms with Gasteiger partial charge in [0.2, 0.25) is 0 Å². The maximum Gasteiger partial charge on any atom is 0.346 e. The minimum absolute atomic E-state index is 0.409. The van der Waals surface area contributed by atoms with Crippen molar-refractivity contribution >= 4 is 52.2 Å². The molecule has 8 heteroatoms. The fourth-order valence-corrected chi connectivity index (χ4v) is 4.40. The van der Waals surface area contributed by atoms with Crippen LogP contribution < -0.4 is 0 Å². The highest BCUT2D eigenvalue weighted by atomic mass is 32.2. The summed E-state index contributed by atoms with van der Waals surface area (Å²) in [7, 11) is 0. The topological polar surface area (TPSA) is 63.1 Å². The number of hydrogen-bond donors (Lipinski definition) is 1. The van der Waals surface area contributed by atoms with Crippen molar-refractivity contribution in [2.75, 3.05) is 6.26 Å². The van der Waals surface area contributed by atoms with Crippen molar-refractivity contribution in [1.29, 1.82) is 0 Å². The van der Waals surface area contributed by atoms with Crippen LogP contribution in [0.25, 0.3) is 0 Å². The standard InChI is InChI=1S/C9H8N2O2S4/c1-14-8-10-11-9(17-8)16-4-5-2-3-15-6(5)7(12)13/h2-3H,4H2,1H3,(H,12,13). The Hall–Kier alpha value is -0.570. The van der Waals surface area contributed by atoms with E-state index < -0.39 is 5.97 Å². The molecule has 0 radical (unpaired) electrons. The summed E-state index contributed by atoms with van der Waals surface area (Å²) in [6.07, 6.45) is 1.95. The van der Waals surface area contributed by atoms with Crippen LogP contribution in [0.15, 0.2) is 20.1 Å². The van der Waals surface area contributed by atoms with Crippen molar-refractivity contribution < 1.29 is 9.90 Å². The Morgan fingerprint density at radius 3 is 2.88 bits per heavy atom. The fourth-order valence-electron chi connectivity index (χ4n) is 1.11. The van der Waals surface area contributed by atoms with Crippen molar-refractivity contribution in [2.24, 2.45) is 0 Å². The van der Waals surface area contributed by atoms with Gasteiger partial charge in [-0.15, -0.1) is 21.5 Å². The highest BCUT2D eigenvalue weighted by molar-refractivity contribution is 8.02. The predicted octanol–water partition coefficient (Wildman–Crippen LogP) is 3.31. The van der Waals surface area contributed by atoms with Gasteiger partial charge in [-0.25, -0.2) is 4.79 Å².